The lowest BCUT2D eigenvalue weighted by Crippen LogP contribution is -2.49. The number of likely N-dealkylation sites (N-methyl/N-ethyl adjacent to an activating group) is 1. The zero-order chi connectivity index (χ0) is 29.9. The number of anilines is 1. The number of aromatic nitrogens is 4. The highest BCUT2D eigenvalue weighted by molar-refractivity contribution is 5.95. The summed E-state index contributed by atoms with van der Waals surface area (Å²) >= 11 is 0. The number of carbonyl (C=O) groups excluding carboxylic acids is 1. The van der Waals surface area contributed by atoms with Gasteiger partial charge in [0.2, 0.25) is 0 Å². The molecule has 0 radical (unpaired) electrons. The van der Waals surface area contributed by atoms with E-state index in [0.29, 0.717) is 6.54 Å². The highest BCUT2D eigenvalue weighted by Gasteiger charge is 2.61. The van der Waals surface area contributed by atoms with Crippen LogP contribution in [0.5, 0.6) is 0 Å². The fourth-order valence-electron chi connectivity index (χ4n) is 7.73. The Kier molecular flexibility index (Phi) is 7.16. The zero-order valence-corrected chi connectivity index (χ0v) is 25.8. The summed E-state index contributed by atoms with van der Waals surface area (Å²) in [4.78, 5) is 24.1. The predicted octanol–water partition coefficient (Wildman–Crippen LogP) is 4.89. The second kappa shape index (κ2) is 10.8. The molecular formula is C32H45FN8O2. The highest BCUT2D eigenvalue weighted by Crippen LogP contribution is 2.61. The van der Waals surface area contributed by atoms with Gasteiger partial charge in [0.25, 0.3) is 0 Å². The van der Waals surface area contributed by atoms with Crippen LogP contribution in [0.25, 0.3) is 22.3 Å². The van der Waals surface area contributed by atoms with Crippen LogP contribution >= 0.6 is 0 Å². The van der Waals surface area contributed by atoms with E-state index >= 15 is 4.39 Å². The van der Waals surface area contributed by atoms with E-state index in [4.69, 9.17) is 20.6 Å². The number of hydrogen-bond donors (Lipinski definition) is 1. The molecule has 1 spiro atoms. The number of piperidine rings is 1. The minimum absolute atomic E-state index is 0.113. The lowest BCUT2D eigenvalue weighted by molar-refractivity contribution is -0.0394. The van der Waals surface area contributed by atoms with E-state index in [0.717, 1.165) is 111 Å². The van der Waals surface area contributed by atoms with Gasteiger partial charge in [0.1, 0.15) is 17.6 Å². The van der Waals surface area contributed by atoms with E-state index in [1.165, 1.54) is 0 Å². The molecule has 0 bridgehead atoms. The third-order valence-corrected chi connectivity index (χ3v) is 10.1. The molecule has 4 fully saturated rings. The molecule has 2 amide bonds. The number of amides is 2. The Balaban J connectivity index is 1.32. The number of halogens is 1. The fraction of sp³-hybridized carbons (Fsp3) is 0.656. The van der Waals surface area contributed by atoms with E-state index in [-0.39, 0.29) is 30.3 Å². The van der Waals surface area contributed by atoms with Gasteiger partial charge in [-0.05, 0) is 71.9 Å². The van der Waals surface area contributed by atoms with Crippen LogP contribution in [0.3, 0.4) is 0 Å². The monoisotopic (exact) mass is 592 g/mol. The van der Waals surface area contributed by atoms with Gasteiger partial charge in [0.15, 0.2) is 0 Å². The van der Waals surface area contributed by atoms with Crippen molar-refractivity contribution in [1.29, 1.82) is 0 Å². The Morgan fingerprint density at radius 3 is 2.67 bits per heavy atom. The number of likely N-dealkylation sites (tertiary alicyclic amines) is 1. The lowest BCUT2D eigenvalue weighted by atomic mass is 9.95. The number of nitrogens with zero attached hydrogens (tertiary/aromatic N) is 7. The van der Waals surface area contributed by atoms with E-state index in [1.807, 2.05) is 20.3 Å². The van der Waals surface area contributed by atoms with Crippen LogP contribution in [0, 0.1) is 0 Å². The van der Waals surface area contributed by atoms with Crippen molar-refractivity contribution >= 4 is 22.6 Å². The summed E-state index contributed by atoms with van der Waals surface area (Å²) in [6, 6.07) is 1.75. The number of piperazine rings is 1. The highest BCUT2D eigenvalue weighted by atomic mass is 19.1. The maximum atomic E-state index is 15.1. The molecule has 0 aromatic carbocycles. The quantitative estimate of drug-likeness (QED) is 0.438. The second-order valence-corrected chi connectivity index (χ2v) is 13.8. The lowest BCUT2D eigenvalue weighted by Gasteiger charge is -2.36. The van der Waals surface area contributed by atoms with E-state index in [9.17, 15) is 4.79 Å². The largest absolute Gasteiger partial charge is 0.367 e. The van der Waals surface area contributed by atoms with E-state index < -0.39 is 5.67 Å². The number of fused-ring (bicyclic) bond motifs is 1. The topological polar surface area (TPSA) is 97.7 Å². The molecule has 232 valence electrons. The Morgan fingerprint density at radius 2 is 1.95 bits per heavy atom. The van der Waals surface area contributed by atoms with Crippen LogP contribution in [0.1, 0.15) is 76.5 Å². The van der Waals surface area contributed by atoms with Gasteiger partial charge in [-0.1, -0.05) is 0 Å². The maximum Gasteiger partial charge on any atom is 0.315 e. The standard InChI is InChI=1S/C32H45FN8O2/c1-31(2,33)21-39-20-27(38-13-11-37(3)12-14-38)22-18-35-25(16-26(22)39)29-23(19-41(36-29)28-8-4-7-15-43-28)24-17-32(24)9-5-6-10-40(32)30(34)42/h16,18-20,24,28H,4-15,17,21H2,1-3H3,(H2,34,42). The first-order valence-corrected chi connectivity index (χ1v) is 16.0. The molecule has 3 aliphatic heterocycles. The first kappa shape index (κ1) is 28.6. The smallest absolute Gasteiger partial charge is 0.315 e. The molecule has 1 saturated carbocycles. The molecule has 3 atom stereocenters. The Morgan fingerprint density at radius 1 is 1.14 bits per heavy atom. The number of pyridine rings is 1. The summed E-state index contributed by atoms with van der Waals surface area (Å²) in [5.74, 6) is 0.141. The Labute approximate surface area is 252 Å². The van der Waals surface area contributed by atoms with Crippen LogP contribution in [-0.2, 0) is 11.3 Å². The van der Waals surface area contributed by atoms with Gasteiger partial charge in [0.05, 0.1) is 29.0 Å². The summed E-state index contributed by atoms with van der Waals surface area (Å²) in [5.41, 5.74) is 9.01. The summed E-state index contributed by atoms with van der Waals surface area (Å²) in [5, 5.41) is 6.16. The normalized spacial score (nSPS) is 26.9. The maximum absolute atomic E-state index is 15.1. The van der Waals surface area contributed by atoms with Crippen molar-refractivity contribution < 1.29 is 13.9 Å². The number of primary amides is 1. The number of rotatable bonds is 6. The summed E-state index contributed by atoms with van der Waals surface area (Å²) in [6.45, 7) is 8.75. The molecule has 7 rings (SSSR count). The van der Waals surface area contributed by atoms with Crippen LogP contribution in [0.15, 0.2) is 24.7 Å². The van der Waals surface area contributed by atoms with Gasteiger partial charge in [-0.2, -0.15) is 5.10 Å². The van der Waals surface area contributed by atoms with E-state index in [2.05, 4.69) is 35.3 Å². The van der Waals surface area contributed by atoms with Crippen molar-refractivity contribution in [2.45, 2.75) is 88.7 Å². The number of hydrogen-bond acceptors (Lipinski definition) is 6. The molecule has 3 saturated heterocycles. The first-order chi connectivity index (χ1) is 20.6. The number of nitrogens with two attached hydrogens (primary N) is 1. The summed E-state index contributed by atoms with van der Waals surface area (Å²) < 4.78 is 25.2. The number of urea groups is 1. The van der Waals surface area contributed by atoms with Gasteiger partial charge >= 0.3 is 6.03 Å². The number of alkyl halides is 1. The molecule has 4 aliphatic rings. The Bertz CT molecular complexity index is 1500. The molecule has 11 heteroatoms. The van der Waals surface area contributed by atoms with Crippen LogP contribution in [-0.4, -0.2) is 92.7 Å². The van der Waals surface area contributed by atoms with Gasteiger partial charge in [-0.25, -0.2) is 13.9 Å². The second-order valence-electron chi connectivity index (χ2n) is 13.8. The van der Waals surface area contributed by atoms with Crippen LogP contribution in [0.4, 0.5) is 14.9 Å². The minimum Gasteiger partial charge on any atom is -0.367 e. The van der Waals surface area contributed by atoms with Gasteiger partial charge in [0, 0.05) is 74.8 Å². The van der Waals surface area contributed by atoms with Crippen LogP contribution in [0.2, 0.25) is 0 Å². The molecule has 3 aromatic heterocycles. The summed E-state index contributed by atoms with van der Waals surface area (Å²) in [7, 11) is 2.15. The van der Waals surface area contributed by atoms with Crippen molar-refractivity contribution in [3.8, 4) is 11.4 Å². The molecular weight excluding hydrogens is 547 g/mol. The molecule has 3 unspecified atom stereocenters. The molecule has 6 heterocycles. The third kappa shape index (κ3) is 5.28. The molecule has 43 heavy (non-hydrogen) atoms. The molecule has 10 nitrogen and oxygen atoms in total. The van der Waals surface area contributed by atoms with Crippen molar-refractivity contribution in [3.63, 3.8) is 0 Å². The number of ether oxygens (including phenoxy) is 1. The average Bonchev–Trinajstić information content (AvgIpc) is 3.33. The van der Waals surface area contributed by atoms with Gasteiger partial charge in [-0.15, -0.1) is 0 Å². The van der Waals surface area contributed by atoms with Crippen molar-refractivity contribution in [1.82, 2.24) is 29.1 Å². The van der Waals surface area contributed by atoms with Crippen molar-refractivity contribution in [3.05, 3.63) is 30.2 Å². The third-order valence-electron chi connectivity index (χ3n) is 10.1. The summed E-state index contributed by atoms with van der Waals surface area (Å²) in [6.07, 6.45) is 13.0. The van der Waals surface area contributed by atoms with Crippen molar-refractivity contribution in [2.24, 2.45) is 5.73 Å². The van der Waals surface area contributed by atoms with Gasteiger partial charge < -0.3 is 29.7 Å². The van der Waals surface area contributed by atoms with E-state index in [1.54, 1.807) is 13.8 Å². The van der Waals surface area contributed by atoms with Crippen LogP contribution < -0.4 is 10.6 Å². The van der Waals surface area contributed by atoms with Crippen molar-refractivity contribution in [2.75, 3.05) is 51.3 Å². The average molecular weight is 593 g/mol. The Hall–Kier alpha value is -3.18. The molecule has 1 aliphatic carbocycles. The fourth-order valence-corrected chi connectivity index (χ4v) is 7.73. The minimum atomic E-state index is -1.38. The SMILES string of the molecule is CN1CCN(c2cn(CC(C)(C)F)c3cc(-c4nn(C5CCCCO5)cc4C4CC45CCCCN5C(N)=O)ncc23)CC1. The predicted molar refractivity (Wildman–Crippen MR) is 165 cm³/mol. The molecule has 2 N–H and O–H groups in total. The zero-order valence-electron chi connectivity index (χ0n) is 25.8. The number of carbonyl (C=O) groups is 1. The van der Waals surface area contributed by atoms with Gasteiger partial charge in [-0.3, -0.25) is 4.98 Å². The first-order valence-electron chi connectivity index (χ1n) is 16.0. The molecule has 3 aromatic rings.